The van der Waals surface area contributed by atoms with Gasteiger partial charge in [0.2, 0.25) is 5.91 Å². The summed E-state index contributed by atoms with van der Waals surface area (Å²) in [6.07, 6.45) is 3.39. The van der Waals surface area contributed by atoms with Crippen LogP contribution in [0.3, 0.4) is 0 Å². The predicted molar refractivity (Wildman–Crippen MR) is 137 cm³/mol. The Morgan fingerprint density at radius 1 is 0.973 bits per heavy atom. The summed E-state index contributed by atoms with van der Waals surface area (Å²) < 4.78 is 18.9. The van der Waals surface area contributed by atoms with Crippen molar-refractivity contribution in [3.8, 4) is 5.75 Å². The number of nitrogens with zero attached hydrogens (tertiary/aromatic N) is 2. The summed E-state index contributed by atoms with van der Waals surface area (Å²) in [4.78, 5) is 33.5. The Morgan fingerprint density at radius 3 is 2.43 bits per heavy atom. The van der Waals surface area contributed by atoms with Crippen molar-refractivity contribution in [1.29, 1.82) is 0 Å². The summed E-state index contributed by atoms with van der Waals surface area (Å²) in [5.74, 6) is -0.724. The molecule has 2 amide bonds. The van der Waals surface area contributed by atoms with Crippen LogP contribution in [-0.2, 0) is 17.9 Å². The Bertz CT molecular complexity index is 1390. The normalized spacial score (nSPS) is 16.7. The van der Waals surface area contributed by atoms with Crippen LogP contribution in [0.2, 0.25) is 0 Å². The first-order valence-electron chi connectivity index (χ1n) is 12.0. The van der Waals surface area contributed by atoms with Crippen LogP contribution < -0.4 is 10.1 Å². The monoisotopic (exact) mass is 495 g/mol. The van der Waals surface area contributed by atoms with E-state index in [9.17, 15) is 14.0 Å². The zero-order chi connectivity index (χ0) is 25.8. The molecule has 0 fully saturated rings. The molecule has 2 heterocycles. The second kappa shape index (κ2) is 10.6. The van der Waals surface area contributed by atoms with Crippen molar-refractivity contribution < 1.29 is 18.7 Å². The predicted octanol–water partition coefficient (Wildman–Crippen LogP) is 5.03. The minimum atomic E-state index is -0.667. The maximum atomic E-state index is 13.8. The van der Waals surface area contributed by atoms with Crippen LogP contribution in [0.4, 0.5) is 4.39 Å². The maximum Gasteiger partial charge on any atom is 0.255 e. The van der Waals surface area contributed by atoms with E-state index in [-0.39, 0.29) is 24.2 Å². The van der Waals surface area contributed by atoms with Gasteiger partial charge in [0.1, 0.15) is 11.6 Å². The number of nitrogens with one attached hydrogen (secondary N) is 1. The SMILES string of the molecule is COc1ccc([C@@H]2[C@H](C(=O)NCc3cccnc3)c3ccccc3C(=O)N2Cc2ccc(F)cc2)cc1. The fourth-order valence-corrected chi connectivity index (χ4v) is 4.81. The molecule has 0 aliphatic carbocycles. The largest absolute Gasteiger partial charge is 0.497 e. The van der Waals surface area contributed by atoms with Gasteiger partial charge in [0, 0.05) is 31.0 Å². The third kappa shape index (κ3) is 5.07. The molecule has 0 saturated carbocycles. The zero-order valence-corrected chi connectivity index (χ0v) is 20.3. The van der Waals surface area contributed by atoms with Gasteiger partial charge >= 0.3 is 0 Å². The summed E-state index contributed by atoms with van der Waals surface area (Å²) in [7, 11) is 1.59. The Labute approximate surface area is 214 Å². The third-order valence-electron chi connectivity index (χ3n) is 6.63. The summed E-state index contributed by atoms with van der Waals surface area (Å²) >= 11 is 0. The molecule has 0 radical (unpaired) electrons. The van der Waals surface area contributed by atoms with Gasteiger partial charge in [0.05, 0.1) is 19.1 Å². The fourth-order valence-electron chi connectivity index (χ4n) is 4.81. The molecule has 1 aliphatic rings. The highest BCUT2D eigenvalue weighted by molar-refractivity contribution is 6.01. The average molecular weight is 496 g/mol. The summed E-state index contributed by atoms with van der Waals surface area (Å²) in [5.41, 5.74) is 3.60. The number of amides is 2. The van der Waals surface area contributed by atoms with Crippen molar-refractivity contribution in [3.63, 3.8) is 0 Å². The number of carbonyl (C=O) groups is 2. The van der Waals surface area contributed by atoms with E-state index in [0.29, 0.717) is 23.4 Å². The number of hydrogen-bond donors (Lipinski definition) is 1. The lowest BCUT2D eigenvalue weighted by molar-refractivity contribution is -0.124. The molecule has 6 nitrogen and oxygen atoms in total. The van der Waals surface area contributed by atoms with Gasteiger partial charge < -0.3 is 15.0 Å². The van der Waals surface area contributed by atoms with E-state index in [1.165, 1.54) is 12.1 Å². The molecular weight excluding hydrogens is 469 g/mol. The van der Waals surface area contributed by atoms with Gasteiger partial charge in [-0.2, -0.15) is 0 Å². The van der Waals surface area contributed by atoms with Crippen LogP contribution in [0.1, 0.15) is 44.6 Å². The van der Waals surface area contributed by atoms with Gasteiger partial charge in [0.15, 0.2) is 0 Å². The number of rotatable bonds is 7. The number of aromatic nitrogens is 1. The first-order valence-corrected chi connectivity index (χ1v) is 12.0. The quantitative estimate of drug-likeness (QED) is 0.391. The molecule has 0 spiro atoms. The summed E-state index contributed by atoms with van der Waals surface area (Å²) in [6.45, 7) is 0.531. The van der Waals surface area contributed by atoms with Crippen molar-refractivity contribution in [1.82, 2.24) is 15.2 Å². The second-order valence-electron chi connectivity index (χ2n) is 8.92. The number of hydrogen-bond acceptors (Lipinski definition) is 4. The molecule has 2 atom stereocenters. The van der Waals surface area contributed by atoms with E-state index in [1.54, 1.807) is 48.7 Å². The molecule has 3 aromatic carbocycles. The number of halogens is 1. The standard InChI is InChI=1S/C30H26FN3O3/c1-37-24-14-10-22(11-15-24)28-27(29(35)33-18-21-5-4-16-32-17-21)25-6-2-3-7-26(25)30(36)34(28)19-20-8-12-23(31)13-9-20/h2-17,27-28H,18-19H2,1H3,(H,33,35)/t27-,28-/m1/s1. The molecular formula is C30H26FN3O3. The Hall–Kier alpha value is -4.52. The highest BCUT2D eigenvalue weighted by Crippen LogP contribution is 2.44. The topological polar surface area (TPSA) is 71.5 Å². The van der Waals surface area contributed by atoms with Gasteiger partial charge in [-0.1, -0.05) is 48.5 Å². The molecule has 1 N–H and O–H groups in total. The second-order valence-corrected chi connectivity index (χ2v) is 8.92. The molecule has 4 aromatic rings. The summed E-state index contributed by atoms with van der Waals surface area (Å²) in [6, 6.07) is 23.8. The number of benzene rings is 3. The smallest absolute Gasteiger partial charge is 0.255 e. The van der Waals surface area contributed by atoms with E-state index in [4.69, 9.17) is 4.74 Å². The lowest BCUT2D eigenvalue weighted by Gasteiger charge is -2.42. The van der Waals surface area contributed by atoms with Crippen LogP contribution in [0.5, 0.6) is 5.75 Å². The number of pyridine rings is 1. The lowest BCUT2D eigenvalue weighted by Crippen LogP contribution is -2.47. The van der Waals surface area contributed by atoms with Gasteiger partial charge in [-0.3, -0.25) is 14.6 Å². The molecule has 186 valence electrons. The molecule has 0 bridgehead atoms. The first kappa shape index (κ1) is 24.2. The van der Waals surface area contributed by atoms with Crippen LogP contribution in [0.25, 0.3) is 0 Å². The van der Waals surface area contributed by atoms with Crippen molar-refractivity contribution in [2.75, 3.05) is 7.11 Å². The number of carbonyl (C=O) groups excluding carboxylic acids is 2. The van der Waals surface area contributed by atoms with Crippen LogP contribution in [0.15, 0.2) is 97.3 Å². The molecule has 0 unspecified atom stereocenters. The fraction of sp³-hybridized carbons (Fsp3) is 0.167. The number of fused-ring (bicyclic) bond motifs is 1. The first-order chi connectivity index (χ1) is 18.0. The van der Waals surface area contributed by atoms with E-state index in [1.807, 2.05) is 48.5 Å². The zero-order valence-electron chi connectivity index (χ0n) is 20.3. The van der Waals surface area contributed by atoms with Crippen molar-refractivity contribution in [3.05, 3.63) is 131 Å². The van der Waals surface area contributed by atoms with Gasteiger partial charge in [-0.25, -0.2) is 4.39 Å². The van der Waals surface area contributed by atoms with Crippen molar-refractivity contribution in [2.24, 2.45) is 0 Å². The molecule has 7 heteroatoms. The maximum absolute atomic E-state index is 13.8. The molecule has 1 aliphatic heterocycles. The van der Waals surface area contributed by atoms with E-state index in [2.05, 4.69) is 10.3 Å². The van der Waals surface area contributed by atoms with E-state index in [0.717, 1.165) is 16.7 Å². The van der Waals surface area contributed by atoms with Crippen LogP contribution in [0, 0.1) is 5.82 Å². The third-order valence-corrected chi connectivity index (χ3v) is 6.63. The molecule has 1 aromatic heterocycles. The van der Waals surface area contributed by atoms with Gasteiger partial charge in [0.25, 0.3) is 5.91 Å². The Morgan fingerprint density at radius 2 is 1.73 bits per heavy atom. The van der Waals surface area contributed by atoms with Gasteiger partial charge in [-0.05, 0) is 58.7 Å². The Balaban J connectivity index is 1.58. The average Bonchev–Trinajstić information content (AvgIpc) is 2.95. The molecule has 5 rings (SSSR count). The van der Waals surface area contributed by atoms with Crippen molar-refractivity contribution in [2.45, 2.75) is 25.0 Å². The molecule has 0 saturated heterocycles. The van der Waals surface area contributed by atoms with Crippen LogP contribution >= 0.6 is 0 Å². The van der Waals surface area contributed by atoms with Crippen LogP contribution in [-0.4, -0.2) is 28.8 Å². The van der Waals surface area contributed by atoms with Crippen molar-refractivity contribution >= 4 is 11.8 Å². The van der Waals surface area contributed by atoms with E-state index < -0.39 is 12.0 Å². The summed E-state index contributed by atoms with van der Waals surface area (Å²) in [5, 5.41) is 3.05. The highest BCUT2D eigenvalue weighted by Gasteiger charge is 2.44. The number of ether oxygens (including phenoxy) is 1. The lowest BCUT2D eigenvalue weighted by atomic mass is 9.79. The Kier molecular flexibility index (Phi) is 6.94. The minimum Gasteiger partial charge on any atom is -0.497 e. The number of methoxy groups -OCH3 is 1. The molecule has 37 heavy (non-hydrogen) atoms. The van der Waals surface area contributed by atoms with E-state index >= 15 is 0 Å². The van der Waals surface area contributed by atoms with Gasteiger partial charge in [-0.15, -0.1) is 0 Å². The highest BCUT2D eigenvalue weighted by atomic mass is 19.1. The minimum absolute atomic E-state index is 0.183.